The lowest BCUT2D eigenvalue weighted by atomic mass is 10.0. The van der Waals surface area contributed by atoms with Crippen LogP contribution in [0.1, 0.15) is 31.4 Å². The van der Waals surface area contributed by atoms with E-state index in [9.17, 15) is 4.79 Å². The summed E-state index contributed by atoms with van der Waals surface area (Å²) in [5, 5.41) is 3.02. The van der Waals surface area contributed by atoms with E-state index in [1.54, 1.807) is 0 Å². The van der Waals surface area contributed by atoms with E-state index in [1.807, 2.05) is 44.2 Å². The average Bonchev–Trinajstić information content (AvgIpc) is 2.61. The number of para-hydroxylation sites is 1. The maximum absolute atomic E-state index is 12.3. The van der Waals surface area contributed by atoms with Crippen molar-refractivity contribution >= 4 is 11.6 Å². The van der Waals surface area contributed by atoms with Crippen molar-refractivity contribution in [1.29, 1.82) is 0 Å². The van der Waals surface area contributed by atoms with Gasteiger partial charge in [-0.15, -0.1) is 0 Å². The van der Waals surface area contributed by atoms with Gasteiger partial charge in [0.2, 0.25) is 5.91 Å². The van der Waals surface area contributed by atoms with Gasteiger partial charge in [-0.25, -0.2) is 0 Å². The molecule has 0 aliphatic carbocycles. The fraction of sp³-hybridized carbons (Fsp3) is 0.381. The van der Waals surface area contributed by atoms with Crippen molar-refractivity contribution in [3.63, 3.8) is 0 Å². The second-order valence-electron chi connectivity index (χ2n) is 6.74. The first-order chi connectivity index (χ1) is 12.1. The minimum absolute atomic E-state index is 0.0548. The standard InChI is InChI=1S/C21H26N2O2/c1-16(2)25-19-11-9-17(10-12-19)14-22-21(24)15-23-13-5-7-18-6-3-4-8-20(18)23/h3-4,6,8-12,16H,5,7,13-15H2,1-2H3,(H,22,24). The van der Waals surface area contributed by atoms with Crippen LogP contribution < -0.4 is 15.0 Å². The number of nitrogens with one attached hydrogen (secondary N) is 1. The molecule has 0 spiro atoms. The molecule has 2 aromatic rings. The molecule has 4 heteroatoms. The number of hydrogen-bond donors (Lipinski definition) is 1. The Bertz CT molecular complexity index is 710. The molecular weight excluding hydrogens is 312 g/mol. The molecule has 0 radical (unpaired) electrons. The summed E-state index contributed by atoms with van der Waals surface area (Å²) in [5.74, 6) is 0.911. The van der Waals surface area contributed by atoms with Crippen LogP contribution in [0.4, 0.5) is 5.69 Å². The van der Waals surface area contributed by atoms with Gasteiger partial charge < -0.3 is 15.0 Å². The summed E-state index contributed by atoms with van der Waals surface area (Å²) in [6, 6.07) is 16.2. The number of benzene rings is 2. The number of anilines is 1. The molecule has 132 valence electrons. The predicted molar refractivity (Wildman–Crippen MR) is 101 cm³/mol. The normalized spacial score (nSPS) is 13.5. The first-order valence-electron chi connectivity index (χ1n) is 8.97. The van der Waals surface area contributed by atoms with Crippen molar-refractivity contribution in [2.75, 3.05) is 18.0 Å². The lowest BCUT2D eigenvalue weighted by molar-refractivity contribution is -0.119. The number of ether oxygens (including phenoxy) is 1. The Hall–Kier alpha value is -2.49. The summed E-state index contributed by atoms with van der Waals surface area (Å²) < 4.78 is 5.63. The van der Waals surface area contributed by atoms with Gasteiger partial charge in [0.25, 0.3) is 0 Å². The van der Waals surface area contributed by atoms with E-state index < -0.39 is 0 Å². The highest BCUT2D eigenvalue weighted by Gasteiger charge is 2.18. The fourth-order valence-corrected chi connectivity index (χ4v) is 3.16. The van der Waals surface area contributed by atoms with Gasteiger partial charge in [0.05, 0.1) is 12.6 Å². The van der Waals surface area contributed by atoms with E-state index in [-0.39, 0.29) is 12.0 Å². The molecule has 3 rings (SSSR count). The first-order valence-corrected chi connectivity index (χ1v) is 8.97. The highest BCUT2D eigenvalue weighted by atomic mass is 16.5. The van der Waals surface area contributed by atoms with E-state index in [2.05, 4.69) is 28.4 Å². The number of aryl methyl sites for hydroxylation is 1. The minimum atomic E-state index is 0.0548. The summed E-state index contributed by atoms with van der Waals surface area (Å²) in [6.07, 6.45) is 2.36. The number of nitrogens with zero attached hydrogens (tertiary/aromatic N) is 1. The molecule has 0 atom stereocenters. The summed E-state index contributed by atoms with van der Waals surface area (Å²) in [7, 11) is 0. The van der Waals surface area contributed by atoms with E-state index in [4.69, 9.17) is 4.74 Å². The van der Waals surface area contributed by atoms with E-state index >= 15 is 0 Å². The van der Waals surface area contributed by atoms with Crippen molar-refractivity contribution in [3.8, 4) is 5.75 Å². The topological polar surface area (TPSA) is 41.6 Å². The third-order valence-corrected chi connectivity index (χ3v) is 4.33. The Labute approximate surface area is 149 Å². The Kier molecular flexibility index (Phi) is 5.59. The molecule has 1 aliphatic rings. The quantitative estimate of drug-likeness (QED) is 0.876. The van der Waals surface area contributed by atoms with Crippen LogP contribution in [0.15, 0.2) is 48.5 Å². The molecule has 1 heterocycles. The van der Waals surface area contributed by atoms with Gasteiger partial charge in [0, 0.05) is 18.8 Å². The monoisotopic (exact) mass is 338 g/mol. The van der Waals surface area contributed by atoms with Gasteiger partial charge in [-0.05, 0) is 56.0 Å². The molecule has 2 aromatic carbocycles. The van der Waals surface area contributed by atoms with Crippen molar-refractivity contribution in [2.45, 2.75) is 39.3 Å². The number of carbonyl (C=O) groups excluding carboxylic acids is 1. The van der Waals surface area contributed by atoms with Crippen LogP contribution in [-0.2, 0) is 17.8 Å². The Balaban J connectivity index is 1.52. The molecule has 1 amide bonds. The van der Waals surface area contributed by atoms with Crippen molar-refractivity contribution < 1.29 is 9.53 Å². The highest BCUT2D eigenvalue weighted by Crippen LogP contribution is 2.26. The Morgan fingerprint density at radius 1 is 1.16 bits per heavy atom. The van der Waals surface area contributed by atoms with E-state index in [0.29, 0.717) is 13.1 Å². The van der Waals surface area contributed by atoms with Gasteiger partial charge in [-0.1, -0.05) is 30.3 Å². The second-order valence-corrected chi connectivity index (χ2v) is 6.74. The van der Waals surface area contributed by atoms with Crippen LogP contribution in [0.25, 0.3) is 0 Å². The minimum Gasteiger partial charge on any atom is -0.491 e. The van der Waals surface area contributed by atoms with Crippen LogP contribution >= 0.6 is 0 Å². The molecule has 0 saturated carbocycles. The zero-order valence-corrected chi connectivity index (χ0v) is 15.0. The maximum atomic E-state index is 12.3. The number of amides is 1. The smallest absolute Gasteiger partial charge is 0.239 e. The number of rotatable bonds is 6. The Morgan fingerprint density at radius 2 is 1.92 bits per heavy atom. The van der Waals surface area contributed by atoms with Crippen LogP contribution in [0.5, 0.6) is 5.75 Å². The van der Waals surface area contributed by atoms with Crippen LogP contribution in [0.2, 0.25) is 0 Å². The Morgan fingerprint density at radius 3 is 2.68 bits per heavy atom. The van der Waals surface area contributed by atoms with Gasteiger partial charge in [-0.3, -0.25) is 4.79 Å². The second kappa shape index (κ2) is 8.06. The number of fused-ring (bicyclic) bond motifs is 1. The van der Waals surface area contributed by atoms with Crippen molar-refractivity contribution in [3.05, 3.63) is 59.7 Å². The molecule has 25 heavy (non-hydrogen) atoms. The molecular formula is C21H26N2O2. The molecule has 1 N–H and O–H groups in total. The molecule has 0 aromatic heterocycles. The van der Waals surface area contributed by atoms with Crippen molar-refractivity contribution in [2.24, 2.45) is 0 Å². The molecule has 0 fully saturated rings. The van der Waals surface area contributed by atoms with E-state index in [1.165, 1.54) is 11.3 Å². The number of carbonyl (C=O) groups is 1. The molecule has 0 bridgehead atoms. The van der Waals surface area contributed by atoms with Crippen LogP contribution in [0, 0.1) is 0 Å². The largest absolute Gasteiger partial charge is 0.491 e. The first kappa shape index (κ1) is 17.3. The maximum Gasteiger partial charge on any atom is 0.239 e. The lowest BCUT2D eigenvalue weighted by Crippen LogP contribution is -2.39. The van der Waals surface area contributed by atoms with Gasteiger partial charge in [-0.2, -0.15) is 0 Å². The average molecular weight is 338 g/mol. The van der Waals surface area contributed by atoms with Crippen molar-refractivity contribution in [1.82, 2.24) is 5.32 Å². The van der Waals surface area contributed by atoms with Crippen LogP contribution in [-0.4, -0.2) is 25.1 Å². The molecule has 4 nitrogen and oxygen atoms in total. The summed E-state index contributed by atoms with van der Waals surface area (Å²) in [6.45, 7) is 5.90. The van der Waals surface area contributed by atoms with Gasteiger partial charge in [0.15, 0.2) is 0 Å². The molecule has 0 unspecified atom stereocenters. The highest BCUT2D eigenvalue weighted by molar-refractivity contribution is 5.81. The lowest BCUT2D eigenvalue weighted by Gasteiger charge is -2.30. The van der Waals surface area contributed by atoms with Crippen LogP contribution in [0.3, 0.4) is 0 Å². The van der Waals surface area contributed by atoms with Gasteiger partial charge >= 0.3 is 0 Å². The molecule has 0 saturated heterocycles. The van der Waals surface area contributed by atoms with E-state index in [0.717, 1.165) is 30.7 Å². The zero-order valence-electron chi connectivity index (χ0n) is 15.0. The SMILES string of the molecule is CC(C)Oc1ccc(CNC(=O)CN2CCCc3ccccc32)cc1. The fourth-order valence-electron chi connectivity index (χ4n) is 3.16. The zero-order chi connectivity index (χ0) is 17.6. The third-order valence-electron chi connectivity index (χ3n) is 4.33. The third kappa shape index (κ3) is 4.75. The predicted octanol–water partition coefficient (Wildman–Crippen LogP) is 3.54. The van der Waals surface area contributed by atoms with Gasteiger partial charge in [0.1, 0.15) is 5.75 Å². The summed E-state index contributed by atoms with van der Waals surface area (Å²) in [4.78, 5) is 14.5. The summed E-state index contributed by atoms with van der Waals surface area (Å²) >= 11 is 0. The molecule has 1 aliphatic heterocycles. The number of hydrogen-bond acceptors (Lipinski definition) is 3. The summed E-state index contributed by atoms with van der Waals surface area (Å²) in [5.41, 5.74) is 3.60.